The summed E-state index contributed by atoms with van der Waals surface area (Å²) in [6.07, 6.45) is 3.62. The summed E-state index contributed by atoms with van der Waals surface area (Å²) in [6.45, 7) is 4.75. The summed E-state index contributed by atoms with van der Waals surface area (Å²) >= 11 is 0. The smallest absolute Gasteiger partial charge is 0.262 e. The molecule has 5 rings (SSSR count). The SMILES string of the molecule is Cc1ccc(-n2cc(C(=O)N3CCCc4ccccc43)c3ccccc3c2=O)cc1C. The van der Waals surface area contributed by atoms with Gasteiger partial charge in [-0.1, -0.05) is 42.5 Å². The average molecular weight is 409 g/mol. The lowest BCUT2D eigenvalue weighted by Gasteiger charge is -2.30. The van der Waals surface area contributed by atoms with Crippen LogP contribution in [0.4, 0.5) is 5.69 Å². The van der Waals surface area contributed by atoms with Crippen molar-refractivity contribution < 1.29 is 4.79 Å². The molecular formula is C27H24N2O2. The minimum Gasteiger partial charge on any atom is -0.308 e. The minimum absolute atomic E-state index is 0.0686. The fourth-order valence-corrected chi connectivity index (χ4v) is 4.42. The second kappa shape index (κ2) is 7.55. The minimum atomic E-state index is -0.116. The van der Waals surface area contributed by atoms with Crippen molar-refractivity contribution >= 4 is 22.4 Å². The molecule has 4 aromatic rings. The van der Waals surface area contributed by atoms with Crippen LogP contribution in [0.5, 0.6) is 0 Å². The maximum Gasteiger partial charge on any atom is 0.262 e. The van der Waals surface area contributed by atoms with Crippen molar-refractivity contribution in [2.24, 2.45) is 0 Å². The summed E-state index contributed by atoms with van der Waals surface area (Å²) in [5.41, 5.74) is 5.63. The molecule has 0 atom stereocenters. The molecule has 1 aliphatic rings. The zero-order valence-electron chi connectivity index (χ0n) is 17.8. The van der Waals surface area contributed by atoms with Crippen LogP contribution in [0.15, 0.2) is 77.7 Å². The van der Waals surface area contributed by atoms with Gasteiger partial charge in [0.2, 0.25) is 0 Å². The molecule has 0 saturated heterocycles. The number of rotatable bonds is 2. The summed E-state index contributed by atoms with van der Waals surface area (Å²) in [5, 5.41) is 1.25. The van der Waals surface area contributed by atoms with Crippen LogP contribution in [0.2, 0.25) is 0 Å². The van der Waals surface area contributed by atoms with Crippen LogP contribution < -0.4 is 10.5 Å². The Labute approximate surface area is 181 Å². The van der Waals surface area contributed by atoms with E-state index < -0.39 is 0 Å². The summed E-state index contributed by atoms with van der Waals surface area (Å²) in [5.74, 6) is -0.0686. The van der Waals surface area contributed by atoms with Crippen LogP contribution in [-0.2, 0) is 6.42 Å². The molecule has 4 nitrogen and oxygen atoms in total. The normalized spacial score (nSPS) is 13.3. The third-order valence-electron chi connectivity index (χ3n) is 6.28. The molecule has 1 aromatic heterocycles. The Morgan fingerprint density at radius 1 is 0.871 bits per heavy atom. The number of amides is 1. The number of hydrogen-bond donors (Lipinski definition) is 0. The average Bonchev–Trinajstić information content (AvgIpc) is 2.80. The molecule has 154 valence electrons. The Hall–Kier alpha value is -3.66. The number of carbonyl (C=O) groups is 1. The first-order chi connectivity index (χ1) is 15.0. The molecule has 31 heavy (non-hydrogen) atoms. The van der Waals surface area contributed by atoms with E-state index in [1.807, 2.05) is 73.3 Å². The van der Waals surface area contributed by atoms with Gasteiger partial charge in [-0.3, -0.25) is 14.2 Å². The fourth-order valence-electron chi connectivity index (χ4n) is 4.42. The third-order valence-corrected chi connectivity index (χ3v) is 6.28. The van der Waals surface area contributed by atoms with Crippen molar-refractivity contribution in [3.63, 3.8) is 0 Å². The molecule has 0 radical (unpaired) electrons. The van der Waals surface area contributed by atoms with Crippen LogP contribution >= 0.6 is 0 Å². The van der Waals surface area contributed by atoms with E-state index in [0.717, 1.165) is 29.8 Å². The van der Waals surface area contributed by atoms with Gasteiger partial charge in [0.15, 0.2) is 0 Å². The van der Waals surface area contributed by atoms with Crippen molar-refractivity contribution in [1.82, 2.24) is 4.57 Å². The maximum atomic E-state index is 13.8. The monoisotopic (exact) mass is 408 g/mol. The van der Waals surface area contributed by atoms with E-state index in [-0.39, 0.29) is 11.5 Å². The van der Waals surface area contributed by atoms with E-state index in [4.69, 9.17) is 0 Å². The van der Waals surface area contributed by atoms with Gasteiger partial charge in [-0.2, -0.15) is 0 Å². The third kappa shape index (κ3) is 3.25. The topological polar surface area (TPSA) is 42.3 Å². The molecular weight excluding hydrogens is 384 g/mol. The van der Waals surface area contributed by atoms with Gasteiger partial charge in [-0.15, -0.1) is 0 Å². The predicted octanol–water partition coefficient (Wildman–Crippen LogP) is 5.20. The number of para-hydroxylation sites is 1. The van der Waals surface area contributed by atoms with Crippen molar-refractivity contribution in [2.45, 2.75) is 26.7 Å². The lowest BCUT2D eigenvalue weighted by Crippen LogP contribution is -2.36. The maximum absolute atomic E-state index is 13.8. The molecule has 2 heterocycles. The van der Waals surface area contributed by atoms with Crippen molar-refractivity contribution in [1.29, 1.82) is 0 Å². The molecule has 1 aliphatic heterocycles. The molecule has 0 aliphatic carbocycles. The van der Waals surface area contributed by atoms with E-state index in [9.17, 15) is 9.59 Å². The second-order valence-corrected chi connectivity index (χ2v) is 8.22. The molecule has 0 fully saturated rings. The van der Waals surface area contributed by atoms with Gasteiger partial charge in [0.1, 0.15) is 0 Å². The largest absolute Gasteiger partial charge is 0.308 e. The molecule has 4 heteroatoms. The molecule has 3 aromatic carbocycles. The summed E-state index contributed by atoms with van der Waals surface area (Å²) in [6, 6.07) is 21.4. The molecule has 0 spiro atoms. The van der Waals surface area contributed by atoms with Crippen molar-refractivity contribution in [2.75, 3.05) is 11.4 Å². The van der Waals surface area contributed by atoms with E-state index >= 15 is 0 Å². The zero-order chi connectivity index (χ0) is 21.5. The highest BCUT2D eigenvalue weighted by Crippen LogP contribution is 2.29. The summed E-state index contributed by atoms with van der Waals surface area (Å²) in [7, 11) is 0. The lowest BCUT2D eigenvalue weighted by molar-refractivity contribution is 0.0986. The van der Waals surface area contributed by atoms with Gasteiger partial charge in [0, 0.05) is 34.9 Å². The molecule has 1 amide bonds. The Morgan fingerprint density at radius 2 is 1.61 bits per heavy atom. The fraction of sp³-hybridized carbons (Fsp3) is 0.185. The Morgan fingerprint density at radius 3 is 2.42 bits per heavy atom. The number of hydrogen-bond acceptors (Lipinski definition) is 2. The first kappa shape index (κ1) is 19.3. The lowest BCUT2D eigenvalue weighted by atomic mass is 9.99. The highest BCUT2D eigenvalue weighted by Gasteiger charge is 2.26. The first-order valence-corrected chi connectivity index (χ1v) is 10.7. The van der Waals surface area contributed by atoms with Gasteiger partial charge >= 0.3 is 0 Å². The van der Waals surface area contributed by atoms with Crippen LogP contribution in [0.25, 0.3) is 16.5 Å². The summed E-state index contributed by atoms with van der Waals surface area (Å²) < 4.78 is 1.61. The van der Waals surface area contributed by atoms with E-state index in [1.165, 1.54) is 11.1 Å². The van der Waals surface area contributed by atoms with Crippen molar-refractivity contribution in [3.8, 4) is 5.69 Å². The number of aryl methyl sites for hydroxylation is 3. The van der Waals surface area contributed by atoms with Gasteiger partial charge in [0.25, 0.3) is 11.5 Å². The number of benzene rings is 3. The van der Waals surface area contributed by atoms with Crippen LogP contribution in [0, 0.1) is 13.8 Å². The van der Waals surface area contributed by atoms with E-state index in [2.05, 4.69) is 6.07 Å². The number of aromatic nitrogens is 1. The Kier molecular flexibility index (Phi) is 4.70. The first-order valence-electron chi connectivity index (χ1n) is 10.7. The number of carbonyl (C=O) groups excluding carboxylic acids is 1. The molecule has 0 saturated carbocycles. The number of fused-ring (bicyclic) bond motifs is 2. The quantitative estimate of drug-likeness (QED) is 0.457. The number of anilines is 1. The van der Waals surface area contributed by atoms with Crippen molar-refractivity contribution in [3.05, 3.63) is 106 Å². The summed E-state index contributed by atoms with van der Waals surface area (Å²) in [4.78, 5) is 29.0. The second-order valence-electron chi connectivity index (χ2n) is 8.22. The highest BCUT2D eigenvalue weighted by molar-refractivity contribution is 6.14. The van der Waals surface area contributed by atoms with E-state index in [1.54, 1.807) is 16.8 Å². The van der Waals surface area contributed by atoms with Gasteiger partial charge in [-0.25, -0.2) is 0 Å². The van der Waals surface area contributed by atoms with Gasteiger partial charge in [-0.05, 0) is 67.6 Å². The van der Waals surface area contributed by atoms with Crippen LogP contribution in [-0.4, -0.2) is 17.0 Å². The molecule has 0 unspecified atom stereocenters. The zero-order valence-corrected chi connectivity index (χ0v) is 17.8. The predicted molar refractivity (Wildman–Crippen MR) is 125 cm³/mol. The standard InChI is InChI=1S/C27H24N2O2/c1-18-13-14-21(16-19(18)2)29-17-24(22-10-4-5-11-23(22)26(29)30)27(31)28-15-7-9-20-8-3-6-12-25(20)28/h3-6,8,10-14,16-17H,7,9,15H2,1-2H3. The van der Waals surface area contributed by atoms with Crippen LogP contribution in [0.1, 0.15) is 33.5 Å². The van der Waals surface area contributed by atoms with E-state index in [0.29, 0.717) is 22.9 Å². The molecule has 0 bridgehead atoms. The van der Waals surface area contributed by atoms with Gasteiger partial charge < -0.3 is 4.90 Å². The highest BCUT2D eigenvalue weighted by atomic mass is 16.2. The molecule has 0 N–H and O–H groups in total. The number of nitrogens with zero attached hydrogens (tertiary/aromatic N) is 2. The Balaban J connectivity index is 1.72. The van der Waals surface area contributed by atoms with Crippen LogP contribution in [0.3, 0.4) is 0 Å². The Bertz CT molecular complexity index is 1380. The number of pyridine rings is 1. The van der Waals surface area contributed by atoms with Gasteiger partial charge in [0.05, 0.1) is 5.56 Å².